The molecule has 2 aromatic rings. The molecule has 0 aliphatic heterocycles. The Bertz CT molecular complexity index is 1120. The molecule has 1 N–H and O–H groups in total. The molecule has 0 unspecified atom stereocenters. The third kappa shape index (κ3) is 6.58. The molecule has 0 radical (unpaired) electrons. The third-order valence-electron chi connectivity index (χ3n) is 6.20. The predicted octanol–water partition coefficient (Wildman–Crippen LogP) is 2.91. The summed E-state index contributed by atoms with van der Waals surface area (Å²) in [6.07, 6.45) is 3.89. The molecule has 2 amide bonds. The number of hydrogen-bond donors (Lipinski definition) is 1. The summed E-state index contributed by atoms with van der Waals surface area (Å²) in [5.41, 5.74) is 0.548. The lowest BCUT2D eigenvalue weighted by Gasteiger charge is -2.33. The highest BCUT2D eigenvalue weighted by molar-refractivity contribution is 7.90. The Morgan fingerprint density at radius 2 is 1.63 bits per heavy atom. The monoisotopic (exact) mass is 504 g/mol. The van der Waals surface area contributed by atoms with Crippen LogP contribution >= 0.6 is 0 Å². The molecule has 1 fully saturated rings. The van der Waals surface area contributed by atoms with Crippen molar-refractivity contribution in [1.82, 2.24) is 14.5 Å². The van der Waals surface area contributed by atoms with E-state index in [2.05, 4.69) is 5.32 Å². The summed E-state index contributed by atoms with van der Waals surface area (Å²) in [5, 5.41) is 3.01. The summed E-state index contributed by atoms with van der Waals surface area (Å²) in [4.78, 5) is 28.0. The van der Waals surface area contributed by atoms with Gasteiger partial charge in [-0.25, -0.2) is 8.70 Å². The number of para-hydroxylation sites is 1. The van der Waals surface area contributed by atoms with Crippen LogP contribution in [0.2, 0.25) is 0 Å². The maximum atomic E-state index is 14.6. The van der Waals surface area contributed by atoms with Gasteiger partial charge in [0.2, 0.25) is 11.8 Å². The predicted molar refractivity (Wildman–Crippen MR) is 133 cm³/mol. The molecule has 1 aliphatic rings. The molecule has 190 valence electrons. The lowest BCUT2D eigenvalue weighted by Crippen LogP contribution is -2.53. The molecule has 0 aromatic heterocycles. The number of nitrogens with zero attached hydrogens (tertiary/aromatic N) is 3. The molecule has 35 heavy (non-hydrogen) atoms. The van der Waals surface area contributed by atoms with E-state index >= 15 is 0 Å². The van der Waals surface area contributed by atoms with Gasteiger partial charge in [-0.15, -0.1) is 0 Å². The SMILES string of the molecule is C[C@@H](C(=O)NC1CCCC1)N(Cc1ccccc1)C(=O)CN(c1ccccc1F)S(=O)(=O)N(C)C. The summed E-state index contributed by atoms with van der Waals surface area (Å²) in [6.45, 7) is 1.07. The second kappa shape index (κ2) is 11.6. The fourth-order valence-electron chi connectivity index (χ4n) is 4.11. The Hall–Kier alpha value is -2.98. The zero-order valence-electron chi connectivity index (χ0n) is 20.4. The van der Waals surface area contributed by atoms with Crippen molar-refractivity contribution in [3.63, 3.8) is 0 Å². The molecular weight excluding hydrogens is 471 g/mol. The fourth-order valence-corrected chi connectivity index (χ4v) is 5.17. The molecule has 0 bridgehead atoms. The molecule has 10 heteroatoms. The number of hydrogen-bond acceptors (Lipinski definition) is 4. The summed E-state index contributed by atoms with van der Waals surface area (Å²) in [7, 11) is -1.58. The van der Waals surface area contributed by atoms with E-state index in [1.54, 1.807) is 6.92 Å². The van der Waals surface area contributed by atoms with E-state index in [4.69, 9.17) is 0 Å². The van der Waals surface area contributed by atoms with Gasteiger partial charge in [0.05, 0.1) is 5.69 Å². The van der Waals surface area contributed by atoms with E-state index in [0.717, 1.165) is 45.9 Å². The molecule has 1 aliphatic carbocycles. The van der Waals surface area contributed by atoms with E-state index in [1.807, 2.05) is 30.3 Å². The van der Waals surface area contributed by atoms with Crippen molar-refractivity contribution >= 4 is 27.7 Å². The second-order valence-electron chi connectivity index (χ2n) is 8.92. The van der Waals surface area contributed by atoms with Gasteiger partial charge in [-0.05, 0) is 37.5 Å². The minimum atomic E-state index is -4.20. The summed E-state index contributed by atoms with van der Waals surface area (Å²) in [6, 6.07) is 13.7. The van der Waals surface area contributed by atoms with E-state index in [1.165, 1.54) is 37.2 Å². The average molecular weight is 505 g/mol. The first kappa shape index (κ1) is 26.6. The van der Waals surface area contributed by atoms with Crippen LogP contribution in [0.25, 0.3) is 0 Å². The molecule has 3 rings (SSSR count). The molecule has 1 saturated carbocycles. The van der Waals surface area contributed by atoms with Crippen LogP contribution < -0.4 is 9.62 Å². The number of carbonyl (C=O) groups is 2. The molecule has 8 nitrogen and oxygen atoms in total. The number of rotatable bonds is 10. The van der Waals surface area contributed by atoms with Gasteiger partial charge in [-0.2, -0.15) is 12.7 Å². The maximum Gasteiger partial charge on any atom is 0.304 e. The minimum Gasteiger partial charge on any atom is -0.352 e. The number of amides is 2. The number of nitrogens with one attached hydrogen (secondary N) is 1. The second-order valence-corrected chi connectivity index (χ2v) is 11.0. The van der Waals surface area contributed by atoms with Crippen LogP contribution in [0.5, 0.6) is 0 Å². The third-order valence-corrected chi connectivity index (χ3v) is 8.01. The van der Waals surface area contributed by atoms with Gasteiger partial charge in [0, 0.05) is 26.7 Å². The molecular formula is C25H33FN4O4S. The highest BCUT2D eigenvalue weighted by atomic mass is 32.2. The zero-order valence-corrected chi connectivity index (χ0v) is 21.2. The fraction of sp³-hybridized carbons (Fsp3) is 0.440. The topological polar surface area (TPSA) is 90.0 Å². The van der Waals surface area contributed by atoms with Crippen molar-refractivity contribution in [2.24, 2.45) is 0 Å². The van der Waals surface area contributed by atoms with E-state index < -0.39 is 34.5 Å². The van der Waals surface area contributed by atoms with Gasteiger partial charge in [-0.3, -0.25) is 9.59 Å². The van der Waals surface area contributed by atoms with Crippen molar-refractivity contribution < 1.29 is 22.4 Å². The Morgan fingerprint density at radius 1 is 1.03 bits per heavy atom. The summed E-state index contributed by atoms with van der Waals surface area (Å²) < 4.78 is 42.4. The molecule has 2 aromatic carbocycles. The van der Waals surface area contributed by atoms with Gasteiger partial charge in [-0.1, -0.05) is 55.3 Å². The quantitative estimate of drug-likeness (QED) is 0.539. The van der Waals surface area contributed by atoms with Crippen LogP contribution in [0.15, 0.2) is 54.6 Å². The Labute approximate surface area is 206 Å². The van der Waals surface area contributed by atoms with Crippen molar-refractivity contribution in [3.8, 4) is 0 Å². The molecule has 0 heterocycles. The van der Waals surface area contributed by atoms with Gasteiger partial charge in [0.15, 0.2) is 0 Å². The van der Waals surface area contributed by atoms with Crippen molar-refractivity contribution in [2.45, 2.75) is 51.2 Å². The van der Waals surface area contributed by atoms with Gasteiger partial charge in [0.1, 0.15) is 18.4 Å². The Morgan fingerprint density at radius 3 is 2.23 bits per heavy atom. The Balaban J connectivity index is 1.92. The number of anilines is 1. The highest BCUT2D eigenvalue weighted by Crippen LogP contribution is 2.24. The lowest BCUT2D eigenvalue weighted by molar-refractivity contribution is -0.139. The number of halogens is 1. The molecule has 0 spiro atoms. The standard InChI is InChI=1S/C25H33FN4O4S/c1-19(25(32)27-21-13-7-8-14-21)29(17-20-11-5-4-6-12-20)24(31)18-30(35(33,34)28(2)3)23-16-10-9-15-22(23)26/h4-6,9-12,15-16,19,21H,7-8,13-14,17-18H2,1-3H3,(H,27,32)/t19-/m0/s1. The van der Waals surface area contributed by atoms with Gasteiger partial charge in [0.25, 0.3) is 0 Å². The van der Waals surface area contributed by atoms with Gasteiger partial charge >= 0.3 is 10.2 Å². The number of benzene rings is 2. The first-order chi connectivity index (χ1) is 16.6. The van der Waals surface area contributed by atoms with Gasteiger partial charge < -0.3 is 10.2 Å². The highest BCUT2D eigenvalue weighted by Gasteiger charge is 2.34. The first-order valence-corrected chi connectivity index (χ1v) is 13.1. The van der Waals surface area contributed by atoms with Crippen molar-refractivity contribution in [2.75, 3.05) is 24.9 Å². The van der Waals surface area contributed by atoms with Crippen LogP contribution in [-0.4, -0.2) is 62.2 Å². The normalized spacial score (nSPS) is 15.1. The van der Waals surface area contributed by atoms with Crippen LogP contribution in [0, 0.1) is 5.82 Å². The van der Waals surface area contributed by atoms with Crippen LogP contribution in [0.3, 0.4) is 0 Å². The lowest BCUT2D eigenvalue weighted by atomic mass is 10.1. The first-order valence-electron chi connectivity index (χ1n) is 11.7. The van der Waals surface area contributed by atoms with Crippen LogP contribution in [0.1, 0.15) is 38.2 Å². The maximum absolute atomic E-state index is 14.6. The zero-order chi connectivity index (χ0) is 25.6. The summed E-state index contributed by atoms with van der Waals surface area (Å²) in [5.74, 6) is -1.68. The summed E-state index contributed by atoms with van der Waals surface area (Å²) >= 11 is 0. The Kier molecular flexibility index (Phi) is 8.85. The molecule has 1 atom stereocenters. The van der Waals surface area contributed by atoms with Crippen molar-refractivity contribution in [1.29, 1.82) is 0 Å². The molecule has 0 saturated heterocycles. The average Bonchev–Trinajstić information content (AvgIpc) is 3.34. The largest absolute Gasteiger partial charge is 0.352 e. The van der Waals surface area contributed by atoms with Crippen molar-refractivity contribution in [3.05, 3.63) is 66.0 Å². The van der Waals surface area contributed by atoms with E-state index in [-0.39, 0.29) is 24.2 Å². The number of carbonyl (C=O) groups excluding carboxylic acids is 2. The van der Waals surface area contributed by atoms with E-state index in [0.29, 0.717) is 0 Å². The minimum absolute atomic E-state index is 0.0719. The van der Waals surface area contributed by atoms with Crippen LogP contribution in [-0.2, 0) is 26.3 Å². The van der Waals surface area contributed by atoms with Crippen LogP contribution in [0.4, 0.5) is 10.1 Å². The smallest absolute Gasteiger partial charge is 0.304 e. The van der Waals surface area contributed by atoms with E-state index in [9.17, 15) is 22.4 Å².